The molecule has 0 bridgehead atoms. The quantitative estimate of drug-likeness (QED) is 0.475. The zero-order valence-electron chi connectivity index (χ0n) is 14.0. The average Bonchev–Trinajstić information content (AvgIpc) is 2.76. The molecule has 0 aromatic carbocycles. The van der Waals surface area contributed by atoms with Crippen molar-refractivity contribution in [1.29, 1.82) is 0 Å². The van der Waals surface area contributed by atoms with E-state index in [1.807, 2.05) is 0 Å². The number of rotatable bonds is 2. The van der Waals surface area contributed by atoms with Crippen molar-refractivity contribution in [1.82, 2.24) is 0 Å². The van der Waals surface area contributed by atoms with E-state index in [4.69, 9.17) is 0 Å². The Balaban J connectivity index is 2.28. The second-order valence-corrected chi connectivity index (χ2v) is 7.47. The molecule has 0 radical (unpaired) electrons. The maximum Gasteiger partial charge on any atom is 0.145 e. The van der Waals surface area contributed by atoms with Gasteiger partial charge in [0, 0.05) is 0 Å². The van der Waals surface area contributed by atoms with E-state index >= 15 is 0 Å². The summed E-state index contributed by atoms with van der Waals surface area (Å²) in [5, 5.41) is 0. The summed E-state index contributed by atoms with van der Waals surface area (Å²) in [5.41, 5.74) is 4.17. The van der Waals surface area contributed by atoms with Gasteiger partial charge in [-0.1, -0.05) is 36.8 Å². The van der Waals surface area contributed by atoms with E-state index in [-0.39, 0.29) is 0 Å². The van der Waals surface area contributed by atoms with Gasteiger partial charge in [-0.05, 0) is 81.6 Å². The smallest absolute Gasteiger partial charge is 0.145 e. The third-order valence-corrected chi connectivity index (χ3v) is 5.84. The van der Waals surface area contributed by atoms with Gasteiger partial charge in [-0.2, -0.15) is 0 Å². The van der Waals surface area contributed by atoms with Gasteiger partial charge in [-0.15, -0.1) is 0 Å². The molecule has 0 N–H and O–H groups in total. The van der Waals surface area contributed by atoms with Crippen molar-refractivity contribution in [2.75, 3.05) is 0 Å². The highest BCUT2D eigenvalue weighted by Gasteiger charge is 2.44. The Hall–Kier alpha value is -1.11. The Morgan fingerprint density at radius 3 is 2.76 bits per heavy atom. The van der Waals surface area contributed by atoms with Crippen molar-refractivity contribution in [3.63, 3.8) is 0 Å². The normalized spacial score (nSPS) is 39.2. The molecule has 0 spiro atoms. The first kappa shape index (κ1) is 16.3. The summed E-state index contributed by atoms with van der Waals surface area (Å²) in [6, 6.07) is 0. The molecule has 116 valence electrons. The number of aldehydes is 1. The predicted molar refractivity (Wildman–Crippen MR) is 90.1 cm³/mol. The number of carbonyl (C=O) groups is 1. The van der Waals surface area contributed by atoms with E-state index in [0.717, 1.165) is 37.5 Å². The molecule has 0 heterocycles. The number of hydrogen-bond donors (Lipinski definition) is 0. The van der Waals surface area contributed by atoms with Crippen LogP contribution >= 0.6 is 0 Å². The molecule has 1 nitrogen and oxygen atoms in total. The number of carbonyl (C=O) groups excluding carboxylic acids is 1. The maximum absolute atomic E-state index is 11.3. The van der Waals surface area contributed by atoms with Crippen LogP contribution in [-0.4, -0.2) is 6.29 Å². The first-order valence-corrected chi connectivity index (χ1v) is 8.41. The fourth-order valence-electron chi connectivity index (χ4n) is 4.26. The molecule has 3 atom stereocenters. The van der Waals surface area contributed by atoms with E-state index in [2.05, 4.69) is 39.5 Å². The third kappa shape index (κ3) is 3.75. The average molecular weight is 286 g/mol. The number of allylic oxidation sites excluding steroid dienone is 5. The van der Waals surface area contributed by atoms with Crippen LogP contribution in [0, 0.1) is 17.3 Å². The molecule has 2 aliphatic rings. The standard InChI is InChI=1S/C20H30O/c1-15(2)18-11-13-20(4)12-10-17(14-21)7-5-6-16(3)8-9-19(18)20/h7-8,14,18-19H,1,5-6,9-13H2,2-4H3/b16-8+,17-7-/t18-,19-,20-/m0/s1. The lowest BCUT2D eigenvalue weighted by molar-refractivity contribution is -0.105. The fourth-order valence-corrected chi connectivity index (χ4v) is 4.26. The van der Waals surface area contributed by atoms with Crippen molar-refractivity contribution in [2.24, 2.45) is 17.3 Å². The molecule has 1 saturated carbocycles. The molecule has 0 aromatic heterocycles. The van der Waals surface area contributed by atoms with E-state index < -0.39 is 0 Å². The maximum atomic E-state index is 11.3. The largest absolute Gasteiger partial charge is 0.298 e. The summed E-state index contributed by atoms with van der Waals surface area (Å²) in [6.07, 6.45) is 13.6. The minimum Gasteiger partial charge on any atom is -0.298 e. The highest BCUT2D eigenvalue weighted by atomic mass is 16.1. The summed E-state index contributed by atoms with van der Waals surface area (Å²) in [4.78, 5) is 11.3. The summed E-state index contributed by atoms with van der Waals surface area (Å²) in [7, 11) is 0. The SMILES string of the molecule is C=C(C)[C@@H]1CC[C@]2(C)CC/C(C=O)=C/CC/C(C)=C/C[C@@H]12. The molecule has 0 aliphatic heterocycles. The Morgan fingerprint density at radius 2 is 2.10 bits per heavy atom. The Kier molecular flexibility index (Phi) is 5.24. The highest BCUT2D eigenvalue weighted by molar-refractivity contribution is 5.72. The summed E-state index contributed by atoms with van der Waals surface area (Å²) in [6.45, 7) is 11.1. The summed E-state index contributed by atoms with van der Waals surface area (Å²) < 4.78 is 0. The lowest BCUT2D eigenvalue weighted by Crippen LogP contribution is -2.26. The van der Waals surface area contributed by atoms with E-state index in [1.165, 1.54) is 30.4 Å². The van der Waals surface area contributed by atoms with Crippen molar-refractivity contribution < 1.29 is 4.79 Å². The molecular formula is C20H30O. The lowest BCUT2D eigenvalue weighted by atomic mass is 9.70. The van der Waals surface area contributed by atoms with E-state index in [0.29, 0.717) is 17.3 Å². The third-order valence-electron chi connectivity index (χ3n) is 5.84. The van der Waals surface area contributed by atoms with Crippen molar-refractivity contribution in [2.45, 2.75) is 65.7 Å². The second-order valence-electron chi connectivity index (χ2n) is 7.47. The van der Waals surface area contributed by atoms with Gasteiger partial charge in [0.1, 0.15) is 6.29 Å². The Morgan fingerprint density at radius 1 is 1.33 bits per heavy atom. The molecule has 0 aromatic rings. The molecule has 21 heavy (non-hydrogen) atoms. The molecular weight excluding hydrogens is 256 g/mol. The topological polar surface area (TPSA) is 17.1 Å². The van der Waals surface area contributed by atoms with Crippen LogP contribution in [0.25, 0.3) is 0 Å². The van der Waals surface area contributed by atoms with Gasteiger partial charge < -0.3 is 0 Å². The predicted octanol–water partition coefficient (Wildman–Crippen LogP) is 5.63. The molecule has 2 aliphatic carbocycles. The first-order valence-electron chi connectivity index (χ1n) is 8.41. The summed E-state index contributed by atoms with van der Waals surface area (Å²) in [5.74, 6) is 1.35. The van der Waals surface area contributed by atoms with E-state index in [9.17, 15) is 4.79 Å². The molecule has 0 unspecified atom stereocenters. The van der Waals surface area contributed by atoms with Crippen LogP contribution in [0.2, 0.25) is 0 Å². The zero-order valence-corrected chi connectivity index (χ0v) is 14.0. The zero-order chi connectivity index (χ0) is 15.5. The van der Waals surface area contributed by atoms with Gasteiger partial charge in [-0.25, -0.2) is 0 Å². The van der Waals surface area contributed by atoms with Crippen molar-refractivity contribution in [3.05, 3.63) is 35.5 Å². The summed E-state index contributed by atoms with van der Waals surface area (Å²) >= 11 is 0. The van der Waals surface area contributed by atoms with Crippen LogP contribution in [-0.2, 0) is 4.79 Å². The number of hydrogen-bond acceptors (Lipinski definition) is 1. The molecule has 0 amide bonds. The van der Waals surface area contributed by atoms with E-state index in [1.54, 1.807) is 0 Å². The highest BCUT2D eigenvalue weighted by Crippen LogP contribution is 2.53. The Labute approximate surface area is 130 Å². The van der Waals surface area contributed by atoms with Crippen molar-refractivity contribution in [3.8, 4) is 0 Å². The molecule has 2 rings (SSSR count). The van der Waals surface area contributed by atoms with Crippen molar-refractivity contribution >= 4 is 6.29 Å². The van der Waals surface area contributed by atoms with Crippen LogP contribution in [0.1, 0.15) is 65.7 Å². The molecule has 0 saturated heterocycles. The Bertz CT molecular complexity index is 468. The first-order chi connectivity index (χ1) is 9.96. The molecule has 1 fully saturated rings. The van der Waals surface area contributed by atoms with Gasteiger partial charge in [0.05, 0.1) is 0 Å². The van der Waals surface area contributed by atoms with Crippen LogP contribution in [0.3, 0.4) is 0 Å². The second kappa shape index (κ2) is 6.77. The minimum absolute atomic E-state index is 0.354. The van der Waals surface area contributed by atoms with Gasteiger partial charge in [0.25, 0.3) is 0 Å². The van der Waals surface area contributed by atoms with Gasteiger partial charge in [0.2, 0.25) is 0 Å². The van der Waals surface area contributed by atoms with Crippen LogP contribution in [0.5, 0.6) is 0 Å². The van der Waals surface area contributed by atoms with Gasteiger partial charge >= 0.3 is 0 Å². The van der Waals surface area contributed by atoms with Crippen LogP contribution < -0.4 is 0 Å². The van der Waals surface area contributed by atoms with Crippen LogP contribution in [0.15, 0.2) is 35.5 Å². The monoisotopic (exact) mass is 286 g/mol. The van der Waals surface area contributed by atoms with Gasteiger partial charge in [-0.3, -0.25) is 4.79 Å². The fraction of sp³-hybridized carbons (Fsp3) is 0.650. The minimum atomic E-state index is 0.354. The lowest BCUT2D eigenvalue weighted by Gasteiger charge is -2.34. The number of fused-ring (bicyclic) bond motifs is 1. The van der Waals surface area contributed by atoms with Crippen LogP contribution in [0.4, 0.5) is 0 Å². The molecule has 1 heteroatoms. The van der Waals surface area contributed by atoms with Gasteiger partial charge in [0.15, 0.2) is 0 Å².